The molecule has 0 N–H and O–H groups in total. The highest BCUT2D eigenvalue weighted by Gasteiger charge is 2.27. The molecule has 1 aromatic carbocycles. The highest BCUT2D eigenvalue weighted by atomic mass is 16.7. The minimum absolute atomic E-state index is 0.191. The number of carbonyl (C=O) groups excluding carboxylic acids is 1. The number of carbonyl (C=O) groups is 1. The molecule has 1 aromatic rings. The normalized spacial score (nSPS) is 18.8. The summed E-state index contributed by atoms with van der Waals surface area (Å²) < 4.78 is 15.6. The quantitative estimate of drug-likeness (QED) is 0.753. The van der Waals surface area contributed by atoms with Crippen LogP contribution in [0.15, 0.2) is 12.1 Å². The smallest absolute Gasteiger partial charge is 0.322 e. The van der Waals surface area contributed by atoms with E-state index in [-0.39, 0.29) is 12.0 Å². The van der Waals surface area contributed by atoms with E-state index in [4.69, 9.17) is 14.2 Å². The Morgan fingerprint density at radius 1 is 1.32 bits per heavy atom. The average molecular weight is 263 g/mol. The van der Waals surface area contributed by atoms with Gasteiger partial charge in [0.2, 0.25) is 6.79 Å². The number of hydrogen-bond acceptors (Lipinski definition) is 5. The third-order valence-corrected chi connectivity index (χ3v) is 3.83. The van der Waals surface area contributed by atoms with Crippen molar-refractivity contribution in [3.8, 4) is 11.5 Å². The maximum absolute atomic E-state index is 11.6. The maximum atomic E-state index is 11.6. The molecule has 3 rings (SSSR count). The molecular formula is C14H17NO4. The van der Waals surface area contributed by atoms with E-state index in [2.05, 4.69) is 11.0 Å². The van der Waals surface area contributed by atoms with E-state index in [9.17, 15) is 4.79 Å². The second kappa shape index (κ2) is 4.74. The molecule has 0 fully saturated rings. The van der Waals surface area contributed by atoms with E-state index in [1.807, 2.05) is 13.0 Å². The first kappa shape index (κ1) is 12.3. The standard InChI is InChI=1S/C14H17NO4/c1-9(14(16)17-2)15-4-3-10-5-12-13(19-8-18-12)6-11(10)7-15/h5-6,9H,3-4,7-8H2,1-2H3. The zero-order valence-corrected chi connectivity index (χ0v) is 11.1. The fourth-order valence-corrected chi connectivity index (χ4v) is 2.62. The molecule has 0 saturated heterocycles. The summed E-state index contributed by atoms with van der Waals surface area (Å²) in [5.41, 5.74) is 2.48. The number of benzene rings is 1. The number of rotatable bonds is 2. The molecule has 0 saturated carbocycles. The van der Waals surface area contributed by atoms with Crippen LogP contribution in [0, 0.1) is 0 Å². The molecule has 0 aromatic heterocycles. The molecular weight excluding hydrogens is 246 g/mol. The Kier molecular flexibility index (Phi) is 3.06. The Hall–Kier alpha value is -1.75. The van der Waals surface area contributed by atoms with E-state index in [1.54, 1.807) is 0 Å². The van der Waals surface area contributed by atoms with Gasteiger partial charge in [-0.05, 0) is 36.6 Å². The van der Waals surface area contributed by atoms with Gasteiger partial charge in [0, 0.05) is 13.1 Å². The summed E-state index contributed by atoms with van der Waals surface area (Å²) in [6.45, 7) is 3.76. The summed E-state index contributed by atoms with van der Waals surface area (Å²) >= 11 is 0. The molecule has 5 nitrogen and oxygen atoms in total. The second-order valence-electron chi connectivity index (χ2n) is 4.89. The lowest BCUT2D eigenvalue weighted by Crippen LogP contribution is -2.42. The van der Waals surface area contributed by atoms with Crippen LogP contribution in [-0.2, 0) is 22.5 Å². The summed E-state index contributed by atoms with van der Waals surface area (Å²) in [5.74, 6) is 1.43. The largest absolute Gasteiger partial charge is 0.468 e. The van der Waals surface area contributed by atoms with Gasteiger partial charge in [-0.2, -0.15) is 0 Å². The highest BCUT2D eigenvalue weighted by Crippen LogP contribution is 2.36. The molecule has 0 bridgehead atoms. The van der Waals surface area contributed by atoms with Crippen LogP contribution in [0.5, 0.6) is 11.5 Å². The van der Waals surface area contributed by atoms with Crippen LogP contribution in [0.3, 0.4) is 0 Å². The van der Waals surface area contributed by atoms with Crippen molar-refractivity contribution in [3.05, 3.63) is 23.3 Å². The van der Waals surface area contributed by atoms with Crippen molar-refractivity contribution in [1.82, 2.24) is 4.90 Å². The van der Waals surface area contributed by atoms with Gasteiger partial charge in [-0.15, -0.1) is 0 Å². The second-order valence-corrected chi connectivity index (χ2v) is 4.89. The molecule has 2 aliphatic rings. The van der Waals surface area contributed by atoms with Crippen molar-refractivity contribution in [2.45, 2.75) is 25.9 Å². The van der Waals surface area contributed by atoms with Gasteiger partial charge in [0.1, 0.15) is 6.04 Å². The average Bonchev–Trinajstić information content (AvgIpc) is 2.89. The highest BCUT2D eigenvalue weighted by molar-refractivity contribution is 5.75. The molecule has 2 aliphatic heterocycles. The van der Waals surface area contributed by atoms with Crippen molar-refractivity contribution in [2.24, 2.45) is 0 Å². The fourth-order valence-electron chi connectivity index (χ4n) is 2.62. The lowest BCUT2D eigenvalue weighted by molar-refractivity contribution is -0.146. The summed E-state index contributed by atoms with van der Waals surface area (Å²) in [5, 5.41) is 0. The summed E-state index contributed by atoms with van der Waals surface area (Å²) in [6.07, 6.45) is 0.910. The summed E-state index contributed by atoms with van der Waals surface area (Å²) in [7, 11) is 1.43. The van der Waals surface area contributed by atoms with Crippen molar-refractivity contribution >= 4 is 5.97 Å². The minimum atomic E-state index is -0.219. The van der Waals surface area contributed by atoms with Crippen molar-refractivity contribution in [1.29, 1.82) is 0 Å². The Labute approximate surface area is 112 Å². The van der Waals surface area contributed by atoms with E-state index in [1.165, 1.54) is 18.2 Å². The van der Waals surface area contributed by atoms with Crippen molar-refractivity contribution < 1.29 is 19.0 Å². The molecule has 1 unspecified atom stereocenters. The van der Waals surface area contributed by atoms with Gasteiger partial charge in [0.15, 0.2) is 11.5 Å². The molecule has 19 heavy (non-hydrogen) atoms. The van der Waals surface area contributed by atoms with Gasteiger partial charge in [0.05, 0.1) is 7.11 Å². The zero-order valence-electron chi connectivity index (χ0n) is 11.1. The van der Waals surface area contributed by atoms with Crippen LogP contribution in [0.1, 0.15) is 18.1 Å². The topological polar surface area (TPSA) is 48.0 Å². The lowest BCUT2D eigenvalue weighted by atomic mass is 9.98. The maximum Gasteiger partial charge on any atom is 0.322 e. The molecule has 0 spiro atoms. The van der Waals surface area contributed by atoms with Crippen molar-refractivity contribution in [3.63, 3.8) is 0 Å². The van der Waals surface area contributed by atoms with E-state index in [0.717, 1.165) is 31.0 Å². The first-order valence-corrected chi connectivity index (χ1v) is 6.42. The molecule has 0 amide bonds. The van der Waals surface area contributed by atoms with Crippen LogP contribution in [0.2, 0.25) is 0 Å². The molecule has 0 radical (unpaired) electrons. The number of fused-ring (bicyclic) bond motifs is 2. The molecule has 1 atom stereocenters. The Bertz CT molecular complexity index is 514. The number of ether oxygens (including phenoxy) is 3. The van der Waals surface area contributed by atoms with Crippen molar-refractivity contribution in [2.75, 3.05) is 20.4 Å². The molecule has 102 valence electrons. The van der Waals surface area contributed by atoms with E-state index >= 15 is 0 Å². The summed E-state index contributed by atoms with van der Waals surface area (Å²) in [6, 6.07) is 3.86. The van der Waals surface area contributed by atoms with Crippen LogP contribution < -0.4 is 9.47 Å². The number of methoxy groups -OCH3 is 1. The van der Waals surface area contributed by atoms with Gasteiger partial charge >= 0.3 is 5.97 Å². The number of esters is 1. The zero-order chi connectivity index (χ0) is 13.4. The van der Waals surface area contributed by atoms with Gasteiger partial charge < -0.3 is 14.2 Å². The van der Waals surface area contributed by atoms with Crippen LogP contribution >= 0.6 is 0 Å². The Morgan fingerprint density at radius 3 is 2.68 bits per heavy atom. The SMILES string of the molecule is COC(=O)C(C)N1CCc2cc3c(cc2C1)OCO3. The van der Waals surface area contributed by atoms with Crippen LogP contribution in [0.4, 0.5) is 0 Å². The predicted octanol–water partition coefficient (Wildman–Crippen LogP) is 1.33. The first-order valence-electron chi connectivity index (χ1n) is 6.42. The first-order chi connectivity index (χ1) is 9.19. The lowest BCUT2D eigenvalue weighted by Gasteiger charge is -2.32. The minimum Gasteiger partial charge on any atom is -0.468 e. The van der Waals surface area contributed by atoms with Gasteiger partial charge in [-0.3, -0.25) is 9.69 Å². The van der Waals surface area contributed by atoms with E-state index < -0.39 is 0 Å². The van der Waals surface area contributed by atoms with Crippen LogP contribution in [0.25, 0.3) is 0 Å². The fraction of sp³-hybridized carbons (Fsp3) is 0.500. The van der Waals surface area contributed by atoms with Gasteiger partial charge in [-0.1, -0.05) is 0 Å². The molecule has 0 aliphatic carbocycles. The number of hydrogen-bond donors (Lipinski definition) is 0. The summed E-state index contributed by atoms with van der Waals surface area (Å²) in [4.78, 5) is 13.7. The van der Waals surface area contributed by atoms with Crippen LogP contribution in [-0.4, -0.2) is 37.4 Å². The number of nitrogens with zero attached hydrogens (tertiary/aromatic N) is 1. The third kappa shape index (κ3) is 2.14. The monoisotopic (exact) mass is 263 g/mol. The van der Waals surface area contributed by atoms with Gasteiger partial charge in [-0.25, -0.2) is 0 Å². The third-order valence-electron chi connectivity index (χ3n) is 3.83. The van der Waals surface area contributed by atoms with Gasteiger partial charge in [0.25, 0.3) is 0 Å². The van der Waals surface area contributed by atoms with E-state index in [0.29, 0.717) is 6.79 Å². The predicted molar refractivity (Wildman–Crippen MR) is 68.2 cm³/mol. The Balaban J connectivity index is 1.82. The molecule has 2 heterocycles. The Morgan fingerprint density at radius 2 is 2.00 bits per heavy atom. The molecule has 5 heteroatoms.